The van der Waals surface area contributed by atoms with E-state index < -0.39 is 23.8 Å². The molecular formula is C18H13Cl2N3O4. The Balaban J connectivity index is 1.94. The van der Waals surface area contributed by atoms with E-state index >= 15 is 0 Å². The fourth-order valence-corrected chi connectivity index (χ4v) is 2.96. The average molecular weight is 406 g/mol. The molecule has 0 bridgehead atoms. The van der Waals surface area contributed by atoms with Crippen LogP contribution in [0.5, 0.6) is 5.75 Å². The summed E-state index contributed by atoms with van der Waals surface area (Å²) in [6, 6.07) is 10.2. The monoisotopic (exact) mass is 405 g/mol. The van der Waals surface area contributed by atoms with Crippen LogP contribution in [0.1, 0.15) is 0 Å². The molecule has 1 fully saturated rings. The molecule has 3 rings (SSSR count). The summed E-state index contributed by atoms with van der Waals surface area (Å²) in [7, 11) is 1.41. The van der Waals surface area contributed by atoms with Gasteiger partial charge in [-0.2, -0.15) is 0 Å². The highest BCUT2D eigenvalue weighted by Crippen LogP contribution is 2.31. The molecule has 1 aliphatic rings. The molecule has 0 aliphatic carbocycles. The van der Waals surface area contributed by atoms with Crippen LogP contribution in [-0.4, -0.2) is 31.2 Å². The Morgan fingerprint density at radius 1 is 1.15 bits per heavy atom. The number of ether oxygens (including phenoxy) is 1. The molecule has 0 radical (unpaired) electrons. The van der Waals surface area contributed by atoms with Crippen molar-refractivity contribution in [2.45, 2.75) is 0 Å². The number of anilines is 1. The molecule has 0 aromatic heterocycles. The van der Waals surface area contributed by atoms with Crippen molar-refractivity contribution in [2.75, 3.05) is 12.0 Å². The van der Waals surface area contributed by atoms with Crippen LogP contribution in [-0.2, 0) is 9.59 Å². The maximum absolute atomic E-state index is 12.8. The molecule has 1 heterocycles. The van der Waals surface area contributed by atoms with Crippen LogP contribution in [0.25, 0.3) is 0 Å². The van der Waals surface area contributed by atoms with Crippen LogP contribution in [0.15, 0.2) is 47.5 Å². The van der Waals surface area contributed by atoms with Crippen molar-refractivity contribution in [3.05, 3.63) is 52.5 Å². The lowest BCUT2D eigenvalue weighted by atomic mass is 10.1. The molecule has 1 N–H and O–H groups in total. The lowest BCUT2D eigenvalue weighted by Crippen LogP contribution is -2.58. The molecule has 1 atom stereocenters. The lowest BCUT2D eigenvalue weighted by Gasteiger charge is -2.29. The van der Waals surface area contributed by atoms with E-state index in [-0.39, 0.29) is 10.7 Å². The second-order valence-corrected chi connectivity index (χ2v) is 6.34. The van der Waals surface area contributed by atoms with Gasteiger partial charge in [0, 0.05) is 11.2 Å². The van der Waals surface area contributed by atoms with Crippen molar-refractivity contribution in [3.8, 4) is 5.75 Å². The topological polar surface area (TPSA) is 88.1 Å². The Hall–Kier alpha value is -2.90. The predicted octanol–water partition coefficient (Wildman–Crippen LogP) is 3.60. The number of aliphatic imine (C=N–C) groups is 1. The number of nitrogens with one attached hydrogen (secondary N) is 1. The molecule has 138 valence electrons. The molecule has 0 unspecified atom stereocenters. The van der Waals surface area contributed by atoms with E-state index in [0.29, 0.717) is 16.5 Å². The van der Waals surface area contributed by atoms with Crippen molar-refractivity contribution in [2.24, 2.45) is 10.9 Å². The van der Waals surface area contributed by atoms with Gasteiger partial charge in [0.1, 0.15) is 5.75 Å². The molecule has 27 heavy (non-hydrogen) atoms. The van der Waals surface area contributed by atoms with Gasteiger partial charge in [-0.3, -0.25) is 19.9 Å². The zero-order valence-electron chi connectivity index (χ0n) is 14.0. The second-order valence-electron chi connectivity index (χ2n) is 5.49. The molecule has 7 nitrogen and oxygen atoms in total. The van der Waals surface area contributed by atoms with Crippen LogP contribution in [0.2, 0.25) is 10.0 Å². The number of nitrogens with zero attached hydrogens (tertiary/aromatic N) is 2. The zero-order chi connectivity index (χ0) is 19.6. The minimum Gasteiger partial charge on any atom is -0.495 e. The molecule has 1 saturated heterocycles. The van der Waals surface area contributed by atoms with Crippen LogP contribution in [0, 0.1) is 5.92 Å². The van der Waals surface area contributed by atoms with E-state index in [1.165, 1.54) is 19.2 Å². The van der Waals surface area contributed by atoms with E-state index in [1.807, 2.05) is 0 Å². The lowest BCUT2D eigenvalue weighted by molar-refractivity contribution is -0.131. The highest BCUT2D eigenvalue weighted by Gasteiger charge is 2.41. The van der Waals surface area contributed by atoms with E-state index in [4.69, 9.17) is 27.9 Å². The summed E-state index contributed by atoms with van der Waals surface area (Å²) >= 11 is 11.9. The Kier molecular flexibility index (Phi) is 5.43. The standard InChI is InChI=1S/C18H13Cl2N3O4/c1-27-15-5-3-2-4-14(15)23-17(25)11(16(24)22-18(23)26)9-21-13-7-6-10(19)8-12(13)20/h2-9,11H,1H3,(H,22,24,26)/t11-/m1/s1. The fourth-order valence-electron chi connectivity index (χ4n) is 2.51. The van der Waals surface area contributed by atoms with Crippen molar-refractivity contribution in [1.29, 1.82) is 0 Å². The Morgan fingerprint density at radius 2 is 1.89 bits per heavy atom. The van der Waals surface area contributed by atoms with Gasteiger partial charge in [-0.15, -0.1) is 0 Å². The summed E-state index contributed by atoms with van der Waals surface area (Å²) < 4.78 is 5.19. The molecule has 0 saturated carbocycles. The Labute approximate surface area is 164 Å². The summed E-state index contributed by atoms with van der Waals surface area (Å²) in [4.78, 5) is 42.1. The minimum absolute atomic E-state index is 0.220. The molecule has 9 heteroatoms. The molecule has 4 amide bonds. The number of carbonyl (C=O) groups is 3. The van der Waals surface area contributed by atoms with E-state index in [9.17, 15) is 14.4 Å². The number of benzene rings is 2. The number of carbonyl (C=O) groups excluding carboxylic acids is 3. The van der Waals surface area contributed by atoms with Gasteiger partial charge in [0.05, 0.1) is 23.5 Å². The summed E-state index contributed by atoms with van der Waals surface area (Å²) in [5, 5.41) is 2.84. The van der Waals surface area contributed by atoms with E-state index in [0.717, 1.165) is 11.1 Å². The zero-order valence-corrected chi connectivity index (χ0v) is 15.5. The summed E-state index contributed by atoms with van der Waals surface area (Å²) in [5.41, 5.74) is 0.556. The average Bonchev–Trinajstić information content (AvgIpc) is 2.63. The second kappa shape index (κ2) is 7.77. The van der Waals surface area contributed by atoms with Crippen molar-refractivity contribution < 1.29 is 19.1 Å². The summed E-state index contributed by atoms with van der Waals surface area (Å²) in [6.07, 6.45) is 1.14. The normalized spacial score (nSPS) is 17.4. The number of para-hydroxylation sites is 2. The van der Waals surface area contributed by atoms with Gasteiger partial charge in [0.25, 0.3) is 5.91 Å². The third-order valence-corrected chi connectivity index (χ3v) is 4.34. The van der Waals surface area contributed by atoms with E-state index in [2.05, 4.69) is 10.3 Å². The van der Waals surface area contributed by atoms with Gasteiger partial charge in [0.15, 0.2) is 5.92 Å². The predicted molar refractivity (Wildman–Crippen MR) is 102 cm³/mol. The minimum atomic E-state index is -1.31. The van der Waals surface area contributed by atoms with Gasteiger partial charge >= 0.3 is 6.03 Å². The number of urea groups is 1. The number of halogens is 2. The molecule has 1 aliphatic heterocycles. The van der Waals surface area contributed by atoms with Gasteiger partial charge < -0.3 is 4.74 Å². The molecular weight excluding hydrogens is 393 g/mol. The van der Waals surface area contributed by atoms with E-state index in [1.54, 1.807) is 30.3 Å². The van der Waals surface area contributed by atoms with Crippen molar-refractivity contribution >= 4 is 58.6 Å². The first-order chi connectivity index (χ1) is 12.9. The number of hydrogen-bond donors (Lipinski definition) is 1. The fraction of sp³-hybridized carbons (Fsp3) is 0.111. The third-order valence-electron chi connectivity index (χ3n) is 3.80. The Bertz CT molecular complexity index is 961. The molecule has 2 aromatic rings. The number of barbiturate groups is 1. The van der Waals surface area contributed by atoms with Gasteiger partial charge in [0.2, 0.25) is 5.91 Å². The first-order valence-corrected chi connectivity index (χ1v) is 8.49. The molecule has 0 spiro atoms. The number of rotatable bonds is 4. The highest BCUT2D eigenvalue weighted by atomic mass is 35.5. The maximum atomic E-state index is 12.8. The largest absolute Gasteiger partial charge is 0.495 e. The first kappa shape index (κ1) is 18.9. The van der Waals surface area contributed by atoms with Crippen LogP contribution in [0.4, 0.5) is 16.2 Å². The summed E-state index contributed by atoms with van der Waals surface area (Å²) in [5.74, 6) is -2.52. The van der Waals surface area contributed by atoms with Crippen LogP contribution in [0.3, 0.4) is 0 Å². The Morgan fingerprint density at radius 3 is 2.59 bits per heavy atom. The number of imide groups is 2. The maximum Gasteiger partial charge on any atom is 0.335 e. The van der Waals surface area contributed by atoms with Gasteiger partial charge in [-0.25, -0.2) is 9.69 Å². The van der Waals surface area contributed by atoms with Crippen LogP contribution < -0.4 is 15.0 Å². The van der Waals surface area contributed by atoms with Crippen molar-refractivity contribution in [3.63, 3.8) is 0 Å². The summed E-state index contributed by atoms with van der Waals surface area (Å²) in [6.45, 7) is 0. The number of methoxy groups -OCH3 is 1. The highest BCUT2D eigenvalue weighted by molar-refractivity contribution is 6.36. The molecule has 2 aromatic carbocycles. The quantitative estimate of drug-likeness (QED) is 0.621. The van der Waals surface area contributed by atoms with Gasteiger partial charge in [-0.05, 0) is 30.3 Å². The van der Waals surface area contributed by atoms with Gasteiger partial charge in [-0.1, -0.05) is 35.3 Å². The van der Waals surface area contributed by atoms with Crippen LogP contribution >= 0.6 is 23.2 Å². The smallest absolute Gasteiger partial charge is 0.335 e. The first-order valence-electron chi connectivity index (χ1n) is 7.73. The third kappa shape index (κ3) is 3.79. The van der Waals surface area contributed by atoms with Crippen molar-refractivity contribution in [1.82, 2.24) is 5.32 Å². The number of amides is 4. The SMILES string of the molecule is COc1ccccc1N1C(=O)NC(=O)[C@@H](C=Nc2ccc(Cl)cc2Cl)C1=O. The number of hydrogen-bond acceptors (Lipinski definition) is 5.